The maximum Gasteiger partial charge on any atom is 0.256 e. The van der Waals surface area contributed by atoms with E-state index in [0.717, 1.165) is 22.6 Å². The van der Waals surface area contributed by atoms with Gasteiger partial charge in [0.25, 0.3) is 5.91 Å². The van der Waals surface area contributed by atoms with Gasteiger partial charge in [0, 0.05) is 18.3 Å². The fourth-order valence-corrected chi connectivity index (χ4v) is 3.80. The van der Waals surface area contributed by atoms with Crippen LogP contribution in [-0.4, -0.2) is 37.5 Å². The SMILES string of the molecule is CC.CC.CC1c2ncnc(-c3ccn[nH]3)c2CCN1C(=O)c1ccc(Cl)c(F)c1Cl. The standard InChI is InChI=1S/C18H14Cl2FN5O.2C2H6/c1-9-16-11(17(23-8-22-16)13-4-6-24-25-13)5-7-26(9)18(27)10-2-3-12(19)15(21)14(10)20;2*1-2/h2-4,6,8-9H,5,7H2,1H3,(H,24,25);2*1-2H3. The first-order valence-electron chi connectivity index (χ1n) is 10.3. The average molecular weight is 466 g/mol. The Morgan fingerprint density at radius 2 is 1.87 bits per heavy atom. The lowest BCUT2D eigenvalue weighted by Crippen LogP contribution is -2.40. The molecule has 3 heterocycles. The Morgan fingerprint density at radius 3 is 2.52 bits per heavy atom. The van der Waals surface area contributed by atoms with Crippen LogP contribution in [0.5, 0.6) is 0 Å². The summed E-state index contributed by atoms with van der Waals surface area (Å²) in [6.07, 6.45) is 3.69. The number of amides is 1. The molecular weight excluding hydrogens is 440 g/mol. The zero-order valence-electron chi connectivity index (χ0n) is 18.2. The van der Waals surface area contributed by atoms with Gasteiger partial charge in [-0.2, -0.15) is 5.10 Å². The van der Waals surface area contributed by atoms with Crippen molar-refractivity contribution in [1.29, 1.82) is 0 Å². The maximum absolute atomic E-state index is 14.0. The molecule has 166 valence electrons. The lowest BCUT2D eigenvalue weighted by atomic mass is 9.95. The highest BCUT2D eigenvalue weighted by atomic mass is 35.5. The van der Waals surface area contributed by atoms with E-state index in [2.05, 4.69) is 20.2 Å². The number of rotatable bonds is 2. The summed E-state index contributed by atoms with van der Waals surface area (Å²) >= 11 is 11.7. The number of hydrogen-bond donors (Lipinski definition) is 1. The van der Waals surface area contributed by atoms with Crippen LogP contribution < -0.4 is 0 Å². The molecule has 6 nitrogen and oxygen atoms in total. The van der Waals surface area contributed by atoms with Crippen molar-refractivity contribution in [1.82, 2.24) is 25.1 Å². The molecule has 1 aromatic carbocycles. The Labute approximate surface area is 191 Å². The first-order chi connectivity index (χ1) is 15.0. The molecule has 1 aliphatic rings. The van der Waals surface area contributed by atoms with Crippen LogP contribution in [0, 0.1) is 5.82 Å². The number of fused-ring (bicyclic) bond motifs is 1. The quantitative estimate of drug-likeness (QED) is 0.462. The van der Waals surface area contributed by atoms with E-state index in [1.807, 2.05) is 40.7 Å². The van der Waals surface area contributed by atoms with E-state index in [9.17, 15) is 9.18 Å². The van der Waals surface area contributed by atoms with Gasteiger partial charge in [0.2, 0.25) is 0 Å². The largest absolute Gasteiger partial charge is 0.330 e. The molecule has 1 atom stereocenters. The third kappa shape index (κ3) is 4.88. The minimum absolute atomic E-state index is 0.0803. The second-order valence-electron chi connectivity index (χ2n) is 6.20. The minimum atomic E-state index is -0.793. The van der Waals surface area contributed by atoms with Crippen LogP contribution in [0.15, 0.2) is 30.7 Å². The van der Waals surface area contributed by atoms with Gasteiger partial charge in [-0.1, -0.05) is 50.9 Å². The third-order valence-electron chi connectivity index (χ3n) is 4.73. The van der Waals surface area contributed by atoms with E-state index in [-0.39, 0.29) is 27.6 Å². The fourth-order valence-electron chi connectivity index (χ4n) is 3.35. The van der Waals surface area contributed by atoms with E-state index in [0.29, 0.717) is 13.0 Å². The smallest absolute Gasteiger partial charge is 0.256 e. The number of benzene rings is 1. The highest BCUT2D eigenvalue weighted by Gasteiger charge is 2.33. The van der Waals surface area contributed by atoms with Crippen LogP contribution in [0.4, 0.5) is 4.39 Å². The monoisotopic (exact) mass is 465 g/mol. The maximum atomic E-state index is 14.0. The Kier molecular flexibility index (Phi) is 8.95. The molecular formula is C22H26Cl2FN5O. The van der Waals surface area contributed by atoms with E-state index in [4.69, 9.17) is 23.2 Å². The summed E-state index contributed by atoms with van der Waals surface area (Å²) in [6, 6.07) is 4.28. The molecule has 0 saturated carbocycles. The van der Waals surface area contributed by atoms with Gasteiger partial charge < -0.3 is 4.90 Å². The zero-order chi connectivity index (χ0) is 23.1. The van der Waals surface area contributed by atoms with Crippen molar-refractivity contribution >= 4 is 29.1 Å². The summed E-state index contributed by atoms with van der Waals surface area (Å²) in [6.45, 7) is 10.3. The van der Waals surface area contributed by atoms with Crippen molar-refractivity contribution in [3.05, 3.63) is 63.4 Å². The van der Waals surface area contributed by atoms with Crippen LogP contribution in [0.3, 0.4) is 0 Å². The van der Waals surface area contributed by atoms with Crippen molar-refractivity contribution in [2.75, 3.05) is 6.54 Å². The van der Waals surface area contributed by atoms with Crippen LogP contribution >= 0.6 is 23.2 Å². The number of nitrogens with zero attached hydrogens (tertiary/aromatic N) is 4. The first kappa shape index (κ1) is 24.8. The van der Waals surface area contributed by atoms with Gasteiger partial charge >= 0.3 is 0 Å². The van der Waals surface area contributed by atoms with Crippen molar-refractivity contribution in [2.24, 2.45) is 0 Å². The van der Waals surface area contributed by atoms with E-state index in [1.165, 1.54) is 18.5 Å². The predicted octanol–water partition coefficient (Wildman–Crippen LogP) is 6.12. The number of carbonyl (C=O) groups excluding carboxylic acids is 1. The van der Waals surface area contributed by atoms with Crippen LogP contribution in [-0.2, 0) is 6.42 Å². The van der Waals surface area contributed by atoms with Gasteiger partial charge in [-0.25, -0.2) is 14.4 Å². The van der Waals surface area contributed by atoms with E-state index in [1.54, 1.807) is 11.1 Å². The molecule has 1 amide bonds. The fraction of sp³-hybridized carbons (Fsp3) is 0.364. The molecule has 4 rings (SSSR count). The number of H-pyrrole nitrogens is 1. The van der Waals surface area contributed by atoms with Gasteiger partial charge in [0.1, 0.15) is 6.33 Å². The first-order valence-corrected chi connectivity index (χ1v) is 11.0. The summed E-state index contributed by atoms with van der Waals surface area (Å²) in [5, 5.41) is 6.48. The molecule has 2 aromatic heterocycles. The van der Waals surface area contributed by atoms with Crippen molar-refractivity contribution in [2.45, 2.75) is 47.1 Å². The summed E-state index contributed by atoms with van der Waals surface area (Å²) in [7, 11) is 0. The third-order valence-corrected chi connectivity index (χ3v) is 5.39. The number of aromatic amines is 1. The number of nitrogens with one attached hydrogen (secondary N) is 1. The molecule has 3 aromatic rings. The molecule has 0 saturated heterocycles. The Morgan fingerprint density at radius 1 is 1.16 bits per heavy atom. The summed E-state index contributed by atoms with van der Waals surface area (Å²) in [5.74, 6) is -1.16. The Balaban J connectivity index is 0.000000807. The molecule has 0 spiro atoms. The van der Waals surface area contributed by atoms with E-state index >= 15 is 0 Å². The van der Waals surface area contributed by atoms with Crippen molar-refractivity contribution in [3.63, 3.8) is 0 Å². The van der Waals surface area contributed by atoms with Gasteiger partial charge in [-0.05, 0) is 31.5 Å². The molecule has 31 heavy (non-hydrogen) atoms. The highest BCUT2D eigenvalue weighted by Crippen LogP contribution is 2.35. The topological polar surface area (TPSA) is 74.8 Å². The van der Waals surface area contributed by atoms with Crippen LogP contribution in [0.1, 0.15) is 62.3 Å². The second-order valence-corrected chi connectivity index (χ2v) is 6.99. The summed E-state index contributed by atoms with van der Waals surface area (Å²) in [4.78, 5) is 23.4. The lowest BCUT2D eigenvalue weighted by Gasteiger charge is -2.35. The van der Waals surface area contributed by atoms with E-state index < -0.39 is 5.82 Å². The average Bonchev–Trinajstić information content (AvgIpc) is 3.35. The number of halogens is 3. The van der Waals surface area contributed by atoms with Crippen LogP contribution in [0.25, 0.3) is 11.4 Å². The van der Waals surface area contributed by atoms with Gasteiger partial charge in [0.15, 0.2) is 5.82 Å². The number of aromatic nitrogens is 4. The number of carbonyl (C=O) groups is 1. The molecule has 0 aliphatic carbocycles. The Bertz CT molecular complexity index is 1030. The number of hydrogen-bond acceptors (Lipinski definition) is 4. The van der Waals surface area contributed by atoms with Crippen LogP contribution in [0.2, 0.25) is 10.0 Å². The molecule has 1 unspecified atom stereocenters. The summed E-state index contributed by atoms with van der Waals surface area (Å²) < 4.78 is 14.0. The molecule has 1 aliphatic heterocycles. The van der Waals surface area contributed by atoms with Gasteiger partial charge in [-0.15, -0.1) is 0 Å². The van der Waals surface area contributed by atoms with Gasteiger partial charge in [0.05, 0.1) is 38.7 Å². The van der Waals surface area contributed by atoms with Crippen molar-refractivity contribution in [3.8, 4) is 11.4 Å². The molecule has 0 radical (unpaired) electrons. The minimum Gasteiger partial charge on any atom is -0.330 e. The molecule has 0 bridgehead atoms. The molecule has 1 N–H and O–H groups in total. The molecule has 0 fully saturated rings. The predicted molar refractivity (Wildman–Crippen MR) is 122 cm³/mol. The second kappa shape index (κ2) is 11.2. The zero-order valence-corrected chi connectivity index (χ0v) is 19.7. The normalized spacial score (nSPS) is 14.6. The summed E-state index contributed by atoms with van der Waals surface area (Å²) in [5.41, 5.74) is 3.36. The van der Waals surface area contributed by atoms with Crippen molar-refractivity contribution < 1.29 is 9.18 Å². The lowest BCUT2D eigenvalue weighted by molar-refractivity contribution is 0.0672. The Hall–Kier alpha value is -2.51. The molecule has 9 heteroatoms. The van der Waals surface area contributed by atoms with Gasteiger partial charge in [-0.3, -0.25) is 9.89 Å². The highest BCUT2D eigenvalue weighted by molar-refractivity contribution is 6.37.